The van der Waals surface area contributed by atoms with E-state index < -0.39 is 0 Å². The number of nitrogens with zero attached hydrogens (tertiary/aromatic N) is 2. The summed E-state index contributed by atoms with van der Waals surface area (Å²) < 4.78 is 0. The maximum absolute atomic E-state index is 8.98. The highest BCUT2D eigenvalue weighted by molar-refractivity contribution is 7.99. The summed E-state index contributed by atoms with van der Waals surface area (Å²) in [6.07, 6.45) is 1.77. The second-order valence-corrected chi connectivity index (χ2v) is 4.49. The van der Waals surface area contributed by atoms with Crippen LogP contribution in [-0.4, -0.2) is 34.7 Å². The van der Waals surface area contributed by atoms with E-state index in [4.69, 9.17) is 5.11 Å². The molecular formula is C10H14N2OS. The zero-order valence-corrected chi connectivity index (χ0v) is 8.83. The normalized spacial score (nSPS) is 17.1. The van der Waals surface area contributed by atoms with E-state index in [1.54, 1.807) is 6.20 Å². The molecule has 1 N–H and O–H groups in total. The minimum absolute atomic E-state index is 0.0242. The minimum Gasteiger partial charge on any atom is -0.390 e. The number of aliphatic hydroxyl groups is 1. The van der Waals surface area contributed by atoms with Crippen molar-refractivity contribution in [2.75, 3.05) is 29.5 Å². The average Bonchev–Trinajstić information content (AvgIpc) is 2.30. The van der Waals surface area contributed by atoms with Crippen LogP contribution in [0.1, 0.15) is 5.69 Å². The van der Waals surface area contributed by atoms with E-state index in [2.05, 4.69) is 9.88 Å². The van der Waals surface area contributed by atoms with Crippen LogP contribution in [0, 0.1) is 0 Å². The number of anilines is 1. The van der Waals surface area contributed by atoms with Crippen molar-refractivity contribution in [1.29, 1.82) is 0 Å². The van der Waals surface area contributed by atoms with Gasteiger partial charge in [0.1, 0.15) is 0 Å². The first kappa shape index (κ1) is 9.80. The van der Waals surface area contributed by atoms with Crippen molar-refractivity contribution in [3.63, 3.8) is 0 Å². The number of hydrogen-bond acceptors (Lipinski definition) is 4. The lowest BCUT2D eigenvalue weighted by atomic mass is 10.3. The molecule has 3 nitrogen and oxygen atoms in total. The predicted octanol–water partition coefficient (Wildman–Crippen LogP) is 1.13. The van der Waals surface area contributed by atoms with E-state index in [1.165, 1.54) is 17.2 Å². The third kappa shape index (κ3) is 2.19. The molecule has 0 atom stereocenters. The highest BCUT2D eigenvalue weighted by Crippen LogP contribution is 2.19. The third-order valence-corrected chi connectivity index (χ3v) is 3.28. The van der Waals surface area contributed by atoms with Gasteiger partial charge in [0.05, 0.1) is 12.3 Å². The summed E-state index contributed by atoms with van der Waals surface area (Å²) in [5, 5.41) is 8.98. The van der Waals surface area contributed by atoms with Gasteiger partial charge in [0.2, 0.25) is 0 Å². The Balaban J connectivity index is 2.13. The smallest absolute Gasteiger partial charge is 0.0853 e. The van der Waals surface area contributed by atoms with E-state index in [0.717, 1.165) is 18.8 Å². The fourth-order valence-corrected chi connectivity index (χ4v) is 2.47. The average molecular weight is 210 g/mol. The molecule has 1 fully saturated rings. The van der Waals surface area contributed by atoms with Crippen molar-refractivity contribution in [3.8, 4) is 0 Å². The summed E-state index contributed by atoms with van der Waals surface area (Å²) in [6.45, 7) is 2.22. The molecule has 76 valence electrons. The van der Waals surface area contributed by atoms with Gasteiger partial charge in [-0.1, -0.05) is 0 Å². The van der Waals surface area contributed by atoms with E-state index in [1.807, 2.05) is 23.9 Å². The molecule has 1 aliphatic rings. The summed E-state index contributed by atoms with van der Waals surface area (Å²) in [5.41, 5.74) is 1.94. The molecule has 0 aromatic carbocycles. The van der Waals surface area contributed by atoms with Crippen LogP contribution < -0.4 is 4.90 Å². The maximum atomic E-state index is 8.98. The first-order valence-corrected chi connectivity index (χ1v) is 5.94. The van der Waals surface area contributed by atoms with E-state index in [-0.39, 0.29) is 6.61 Å². The Kier molecular flexibility index (Phi) is 3.26. The molecule has 2 heterocycles. The second-order valence-electron chi connectivity index (χ2n) is 3.26. The van der Waals surface area contributed by atoms with Gasteiger partial charge in [-0.25, -0.2) is 0 Å². The first-order chi connectivity index (χ1) is 6.90. The lowest BCUT2D eigenvalue weighted by molar-refractivity contribution is 0.277. The van der Waals surface area contributed by atoms with Gasteiger partial charge in [-0.2, -0.15) is 11.8 Å². The summed E-state index contributed by atoms with van der Waals surface area (Å²) in [4.78, 5) is 6.42. The summed E-state index contributed by atoms with van der Waals surface area (Å²) in [6, 6.07) is 3.98. The lowest BCUT2D eigenvalue weighted by Crippen LogP contribution is -2.32. The number of pyridine rings is 1. The molecule has 0 bridgehead atoms. The Bertz CT molecular complexity index is 300. The summed E-state index contributed by atoms with van der Waals surface area (Å²) in [7, 11) is 0. The van der Waals surface area contributed by atoms with Crippen LogP contribution in [0.25, 0.3) is 0 Å². The molecule has 0 saturated carbocycles. The summed E-state index contributed by atoms with van der Waals surface area (Å²) in [5.74, 6) is 2.38. The highest BCUT2D eigenvalue weighted by Gasteiger charge is 2.11. The van der Waals surface area contributed by atoms with Gasteiger partial charge in [-0.15, -0.1) is 0 Å². The van der Waals surface area contributed by atoms with Gasteiger partial charge in [0.15, 0.2) is 0 Å². The van der Waals surface area contributed by atoms with Crippen LogP contribution in [0.4, 0.5) is 5.69 Å². The molecule has 2 rings (SSSR count). The van der Waals surface area contributed by atoms with Crippen LogP contribution in [0.3, 0.4) is 0 Å². The van der Waals surface area contributed by atoms with Crippen LogP contribution in [0.15, 0.2) is 18.3 Å². The second kappa shape index (κ2) is 4.66. The zero-order chi connectivity index (χ0) is 9.80. The Labute approximate surface area is 88.1 Å². The van der Waals surface area contributed by atoms with Gasteiger partial charge in [0.25, 0.3) is 0 Å². The van der Waals surface area contributed by atoms with Crippen LogP contribution >= 0.6 is 11.8 Å². The molecule has 4 heteroatoms. The van der Waals surface area contributed by atoms with Crippen molar-refractivity contribution < 1.29 is 5.11 Å². The molecule has 0 radical (unpaired) electrons. The number of aromatic nitrogens is 1. The molecule has 1 aromatic heterocycles. The van der Waals surface area contributed by atoms with Crippen molar-refractivity contribution in [3.05, 3.63) is 24.0 Å². The molecule has 1 aromatic rings. The Morgan fingerprint density at radius 3 is 2.93 bits per heavy atom. The standard InChI is InChI=1S/C10H14N2OS/c13-8-9-7-10(1-2-11-9)12-3-5-14-6-4-12/h1-2,7,13H,3-6,8H2. The van der Waals surface area contributed by atoms with Gasteiger partial charge in [0, 0.05) is 36.5 Å². The van der Waals surface area contributed by atoms with Gasteiger partial charge >= 0.3 is 0 Å². The first-order valence-electron chi connectivity index (χ1n) is 4.78. The predicted molar refractivity (Wildman–Crippen MR) is 59.7 cm³/mol. The van der Waals surface area contributed by atoms with E-state index >= 15 is 0 Å². The number of rotatable bonds is 2. The van der Waals surface area contributed by atoms with Crippen LogP contribution in [-0.2, 0) is 6.61 Å². The van der Waals surface area contributed by atoms with Crippen LogP contribution in [0.2, 0.25) is 0 Å². The van der Waals surface area contributed by atoms with Gasteiger partial charge in [-0.05, 0) is 12.1 Å². The number of thioether (sulfide) groups is 1. The van der Waals surface area contributed by atoms with Crippen molar-refractivity contribution in [2.45, 2.75) is 6.61 Å². The summed E-state index contributed by atoms with van der Waals surface area (Å²) >= 11 is 2.00. The molecular weight excluding hydrogens is 196 g/mol. The van der Waals surface area contributed by atoms with Gasteiger partial charge in [-0.3, -0.25) is 4.98 Å². The highest BCUT2D eigenvalue weighted by atomic mass is 32.2. The molecule has 0 amide bonds. The Morgan fingerprint density at radius 1 is 1.43 bits per heavy atom. The molecule has 1 saturated heterocycles. The SMILES string of the molecule is OCc1cc(N2CCSCC2)ccn1. The van der Waals surface area contributed by atoms with Crippen molar-refractivity contribution >= 4 is 17.4 Å². The van der Waals surface area contributed by atoms with E-state index in [0.29, 0.717) is 0 Å². The molecule has 0 aliphatic carbocycles. The van der Waals surface area contributed by atoms with Gasteiger partial charge < -0.3 is 10.0 Å². The topological polar surface area (TPSA) is 36.4 Å². The maximum Gasteiger partial charge on any atom is 0.0853 e. The van der Waals surface area contributed by atoms with E-state index in [9.17, 15) is 0 Å². The monoisotopic (exact) mass is 210 g/mol. The van der Waals surface area contributed by atoms with Crippen molar-refractivity contribution in [2.24, 2.45) is 0 Å². The quantitative estimate of drug-likeness (QED) is 0.794. The lowest BCUT2D eigenvalue weighted by Gasteiger charge is -2.28. The fourth-order valence-electron chi connectivity index (χ4n) is 1.57. The third-order valence-electron chi connectivity index (χ3n) is 2.34. The molecule has 0 unspecified atom stereocenters. The number of aliphatic hydroxyl groups excluding tert-OH is 1. The van der Waals surface area contributed by atoms with Crippen molar-refractivity contribution in [1.82, 2.24) is 4.98 Å². The number of hydrogen-bond donors (Lipinski definition) is 1. The molecule has 0 spiro atoms. The Morgan fingerprint density at radius 2 is 2.21 bits per heavy atom. The molecule has 14 heavy (non-hydrogen) atoms. The minimum atomic E-state index is 0.0242. The zero-order valence-electron chi connectivity index (χ0n) is 8.02. The largest absolute Gasteiger partial charge is 0.390 e. The van der Waals surface area contributed by atoms with Crippen LogP contribution in [0.5, 0.6) is 0 Å². The molecule has 1 aliphatic heterocycles. The Hall–Kier alpha value is -0.740. The fraction of sp³-hybridized carbons (Fsp3) is 0.500.